The van der Waals surface area contributed by atoms with Gasteiger partial charge in [0.2, 0.25) is 5.91 Å². The van der Waals surface area contributed by atoms with Gasteiger partial charge in [-0.1, -0.05) is 29.4 Å². The number of hydrogen-bond donors (Lipinski definition) is 1. The number of nitrogens with zero attached hydrogens (tertiary/aromatic N) is 2. The predicted octanol–water partition coefficient (Wildman–Crippen LogP) is 5.31. The zero-order chi connectivity index (χ0) is 18.1. The third-order valence-electron chi connectivity index (χ3n) is 3.99. The summed E-state index contributed by atoms with van der Waals surface area (Å²) in [7, 11) is 0. The monoisotopic (exact) mass is 391 g/mol. The molecule has 7 heteroatoms. The van der Waals surface area contributed by atoms with Gasteiger partial charge in [-0.2, -0.15) is 0 Å². The van der Waals surface area contributed by atoms with E-state index in [9.17, 15) is 4.79 Å². The standard InChI is InChI=1S/C18H18ClN3OS2/c1-9-11(3)25-18-16(9)17(20-12(4)21-18)24-8-15(23)22-14-7-5-6-13(19)10(14)2/h5-7H,8H2,1-4H3,(H,22,23). The summed E-state index contributed by atoms with van der Waals surface area (Å²) in [5, 5.41) is 5.48. The van der Waals surface area contributed by atoms with Crippen molar-refractivity contribution in [1.29, 1.82) is 0 Å². The molecular formula is C18H18ClN3OS2. The lowest BCUT2D eigenvalue weighted by atomic mass is 10.2. The van der Waals surface area contributed by atoms with Gasteiger partial charge >= 0.3 is 0 Å². The van der Waals surface area contributed by atoms with E-state index in [-0.39, 0.29) is 11.7 Å². The molecule has 25 heavy (non-hydrogen) atoms. The van der Waals surface area contributed by atoms with E-state index in [4.69, 9.17) is 11.6 Å². The summed E-state index contributed by atoms with van der Waals surface area (Å²) in [6, 6.07) is 5.49. The van der Waals surface area contributed by atoms with Gasteiger partial charge in [-0.3, -0.25) is 4.79 Å². The number of anilines is 1. The van der Waals surface area contributed by atoms with Crippen molar-refractivity contribution < 1.29 is 4.79 Å². The van der Waals surface area contributed by atoms with Crippen LogP contribution in [0.3, 0.4) is 0 Å². The largest absolute Gasteiger partial charge is 0.325 e. The van der Waals surface area contributed by atoms with Crippen LogP contribution in [0.25, 0.3) is 10.2 Å². The van der Waals surface area contributed by atoms with E-state index in [1.54, 1.807) is 11.3 Å². The van der Waals surface area contributed by atoms with Crippen LogP contribution in [-0.2, 0) is 4.79 Å². The molecule has 0 spiro atoms. The van der Waals surface area contributed by atoms with Crippen LogP contribution in [0.15, 0.2) is 23.2 Å². The zero-order valence-corrected chi connectivity index (χ0v) is 16.8. The number of hydrogen-bond acceptors (Lipinski definition) is 5. The number of benzene rings is 1. The van der Waals surface area contributed by atoms with Crippen molar-refractivity contribution >= 4 is 56.5 Å². The number of fused-ring (bicyclic) bond motifs is 1. The number of aromatic nitrogens is 2. The Bertz CT molecular complexity index is 969. The molecule has 0 saturated carbocycles. The average Bonchev–Trinajstić information content (AvgIpc) is 2.84. The van der Waals surface area contributed by atoms with Gasteiger partial charge < -0.3 is 5.32 Å². The van der Waals surface area contributed by atoms with Crippen LogP contribution in [0.1, 0.15) is 21.8 Å². The first-order valence-corrected chi connectivity index (χ1v) is 9.97. The minimum atomic E-state index is -0.0793. The molecule has 4 nitrogen and oxygen atoms in total. The zero-order valence-electron chi connectivity index (χ0n) is 14.4. The van der Waals surface area contributed by atoms with E-state index in [2.05, 4.69) is 29.1 Å². The number of amides is 1. The molecular weight excluding hydrogens is 374 g/mol. The highest BCUT2D eigenvalue weighted by Crippen LogP contribution is 2.35. The van der Waals surface area contributed by atoms with Crippen LogP contribution in [0.2, 0.25) is 5.02 Å². The molecule has 3 aromatic rings. The van der Waals surface area contributed by atoms with Gasteiger partial charge in [0.25, 0.3) is 0 Å². The summed E-state index contributed by atoms with van der Waals surface area (Å²) in [5.41, 5.74) is 2.80. The smallest absolute Gasteiger partial charge is 0.234 e. The highest BCUT2D eigenvalue weighted by atomic mass is 35.5. The molecule has 0 unspecified atom stereocenters. The maximum atomic E-state index is 12.3. The lowest BCUT2D eigenvalue weighted by Crippen LogP contribution is -2.15. The van der Waals surface area contributed by atoms with Crippen LogP contribution in [-0.4, -0.2) is 21.6 Å². The Labute approximate surface area is 160 Å². The van der Waals surface area contributed by atoms with Crippen LogP contribution < -0.4 is 5.32 Å². The quantitative estimate of drug-likeness (QED) is 0.483. The molecule has 0 fully saturated rings. The lowest BCUT2D eigenvalue weighted by molar-refractivity contribution is -0.113. The van der Waals surface area contributed by atoms with E-state index in [0.29, 0.717) is 5.02 Å². The van der Waals surface area contributed by atoms with Gasteiger partial charge in [0, 0.05) is 21.0 Å². The Balaban J connectivity index is 1.78. The molecule has 130 valence electrons. The molecule has 0 atom stereocenters. The topological polar surface area (TPSA) is 54.9 Å². The maximum Gasteiger partial charge on any atom is 0.234 e. The van der Waals surface area contributed by atoms with Gasteiger partial charge in [0.15, 0.2) is 0 Å². The Morgan fingerprint density at radius 3 is 2.72 bits per heavy atom. The van der Waals surface area contributed by atoms with Crippen molar-refractivity contribution in [2.24, 2.45) is 0 Å². The molecule has 0 bridgehead atoms. The second kappa shape index (κ2) is 7.32. The molecule has 0 saturated heterocycles. The number of carbonyl (C=O) groups is 1. The van der Waals surface area contributed by atoms with Crippen molar-refractivity contribution in [2.75, 3.05) is 11.1 Å². The molecule has 0 radical (unpaired) electrons. The first kappa shape index (κ1) is 18.2. The molecule has 1 aromatic carbocycles. The summed E-state index contributed by atoms with van der Waals surface area (Å²) < 4.78 is 0. The third kappa shape index (κ3) is 3.81. The first-order valence-electron chi connectivity index (χ1n) is 7.79. The summed E-state index contributed by atoms with van der Waals surface area (Å²) in [6.07, 6.45) is 0. The molecule has 0 aliphatic carbocycles. The van der Waals surface area contributed by atoms with Gasteiger partial charge in [-0.15, -0.1) is 11.3 Å². The Morgan fingerprint density at radius 2 is 1.96 bits per heavy atom. The number of halogens is 1. The van der Waals surface area contributed by atoms with Crippen LogP contribution in [0.4, 0.5) is 5.69 Å². The van der Waals surface area contributed by atoms with Crippen molar-refractivity contribution in [3.63, 3.8) is 0 Å². The SMILES string of the molecule is Cc1nc(SCC(=O)Nc2cccc(Cl)c2C)c2c(C)c(C)sc2n1. The molecule has 3 rings (SSSR count). The fraction of sp³-hybridized carbons (Fsp3) is 0.278. The normalized spacial score (nSPS) is 11.1. The van der Waals surface area contributed by atoms with Crippen LogP contribution in [0, 0.1) is 27.7 Å². The number of rotatable bonds is 4. The van der Waals surface area contributed by atoms with Gasteiger partial charge in [0.05, 0.1) is 5.75 Å². The minimum absolute atomic E-state index is 0.0793. The number of thioether (sulfide) groups is 1. The highest BCUT2D eigenvalue weighted by molar-refractivity contribution is 8.00. The van der Waals surface area contributed by atoms with Gasteiger partial charge in [-0.05, 0) is 51.0 Å². The summed E-state index contributed by atoms with van der Waals surface area (Å²) >= 11 is 9.21. The highest BCUT2D eigenvalue weighted by Gasteiger charge is 2.15. The summed E-state index contributed by atoms with van der Waals surface area (Å²) in [6.45, 7) is 7.93. The molecule has 1 N–H and O–H groups in total. The second-order valence-electron chi connectivity index (χ2n) is 5.79. The van der Waals surface area contributed by atoms with E-state index in [1.165, 1.54) is 22.2 Å². The Hall–Kier alpha value is -1.63. The fourth-order valence-electron chi connectivity index (χ4n) is 2.48. The maximum absolute atomic E-state index is 12.3. The number of thiophene rings is 1. The van der Waals surface area contributed by atoms with E-state index >= 15 is 0 Å². The number of nitrogens with one attached hydrogen (secondary N) is 1. The van der Waals surface area contributed by atoms with Crippen molar-refractivity contribution in [3.8, 4) is 0 Å². The van der Waals surface area contributed by atoms with Crippen molar-refractivity contribution in [3.05, 3.63) is 45.1 Å². The fourth-order valence-corrected chi connectivity index (χ4v) is 4.73. The van der Waals surface area contributed by atoms with E-state index in [1.807, 2.05) is 32.0 Å². The van der Waals surface area contributed by atoms with Gasteiger partial charge in [-0.25, -0.2) is 9.97 Å². The van der Waals surface area contributed by atoms with Crippen molar-refractivity contribution in [1.82, 2.24) is 9.97 Å². The Kier molecular flexibility index (Phi) is 5.32. The first-order chi connectivity index (χ1) is 11.9. The number of carbonyl (C=O) groups excluding carboxylic acids is 1. The Morgan fingerprint density at radius 1 is 1.20 bits per heavy atom. The minimum Gasteiger partial charge on any atom is -0.325 e. The van der Waals surface area contributed by atoms with Crippen LogP contribution in [0.5, 0.6) is 0 Å². The molecule has 0 aliphatic rings. The lowest BCUT2D eigenvalue weighted by Gasteiger charge is -2.10. The average molecular weight is 392 g/mol. The molecule has 1 amide bonds. The van der Waals surface area contributed by atoms with E-state index in [0.717, 1.165) is 32.3 Å². The second-order valence-corrected chi connectivity index (χ2v) is 8.36. The summed E-state index contributed by atoms with van der Waals surface area (Å²) in [5.74, 6) is 0.929. The van der Waals surface area contributed by atoms with Crippen molar-refractivity contribution in [2.45, 2.75) is 32.7 Å². The van der Waals surface area contributed by atoms with Gasteiger partial charge in [0.1, 0.15) is 15.7 Å². The predicted molar refractivity (Wildman–Crippen MR) is 107 cm³/mol. The van der Waals surface area contributed by atoms with E-state index < -0.39 is 0 Å². The summed E-state index contributed by atoms with van der Waals surface area (Å²) in [4.78, 5) is 23.6. The van der Waals surface area contributed by atoms with Crippen LogP contribution >= 0.6 is 34.7 Å². The molecule has 2 aromatic heterocycles. The molecule has 0 aliphatic heterocycles. The third-order valence-corrected chi connectivity index (χ3v) is 6.48. The molecule has 2 heterocycles. The number of aryl methyl sites for hydroxylation is 3.